The standard InChI is InChI=1S/C14H31NO2S/c1-6-11-15-13(7-2)10-8-9-12-18(16,17)14(3,4)5/h13,15H,6-12H2,1-5H3. The fourth-order valence-corrected chi connectivity index (χ4v) is 2.98. The average molecular weight is 277 g/mol. The first-order valence-corrected chi connectivity index (χ1v) is 8.85. The van der Waals surface area contributed by atoms with Crippen LogP contribution in [0, 0.1) is 0 Å². The van der Waals surface area contributed by atoms with Crippen LogP contribution in [0.4, 0.5) is 0 Å². The minimum absolute atomic E-state index is 0.320. The molecule has 0 aromatic carbocycles. The van der Waals surface area contributed by atoms with Crippen LogP contribution < -0.4 is 5.32 Å². The Morgan fingerprint density at radius 3 is 2.17 bits per heavy atom. The highest BCUT2D eigenvalue weighted by Crippen LogP contribution is 2.18. The summed E-state index contributed by atoms with van der Waals surface area (Å²) in [6, 6.07) is 0.544. The Morgan fingerprint density at radius 2 is 1.72 bits per heavy atom. The van der Waals surface area contributed by atoms with Crippen molar-refractivity contribution in [1.29, 1.82) is 0 Å². The zero-order valence-electron chi connectivity index (χ0n) is 12.8. The molecule has 0 rings (SSSR count). The van der Waals surface area contributed by atoms with E-state index in [2.05, 4.69) is 19.2 Å². The normalized spacial score (nSPS) is 14.7. The third-order valence-electron chi connectivity index (χ3n) is 3.32. The summed E-state index contributed by atoms with van der Waals surface area (Å²) < 4.78 is 23.2. The molecular weight excluding hydrogens is 246 g/mol. The summed E-state index contributed by atoms with van der Waals surface area (Å²) >= 11 is 0. The maximum absolute atomic E-state index is 11.9. The summed E-state index contributed by atoms with van der Waals surface area (Å²) in [5, 5.41) is 3.50. The zero-order valence-corrected chi connectivity index (χ0v) is 13.6. The number of hydrogen-bond acceptors (Lipinski definition) is 3. The molecule has 0 fully saturated rings. The van der Waals surface area contributed by atoms with E-state index in [-0.39, 0.29) is 0 Å². The maximum atomic E-state index is 11.9. The zero-order chi connectivity index (χ0) is 14.2. The van der Waals surface area contributed by atoms with Crippen molar-refractivity contribution in [3.63, 3.8) is 0 Å². The van der Waals surface area contributed by atoms with Gasteiger partial charge < -0.3 is 5.32 Å². The van der Waals surface area contributed by atoms with Crippen LogP contribution in [0.15, 0.2) is 0 Å². The van der Waals surface area contributed by atoms with E-state index in [0.717, 1.165) is 38.6 Å². The predicted molar refractivity (Wildman–Crippen MR) is 79.8 cm³/mol. The lowest BCUT2D eigenvalue weighted by Gasteiger charge is -2.20. The van der Waals surface area contributed by atoms with Crippen LogP contribution in [0.2, 0.25) is 0 Å². The van der Waals surface area contributed by atoms with Gasteiger partial charge in [-0.05, 0) is 53.0 Å². The van der Waals surface area contributed by atoms with Gasteiger partial charge in [-0.25, -0.2) is 8.42 Å². The van der Waals surface area contributed by atoms with Gasteiger partial charge in [0.15, 0.2) is 9.84 Å². The maximum Gasteiger partial charge on any atom is 0.155 e. The fraction of sp³-hybridized carbons (Fsp3) is 1.00. The van der Waals surface area contributed by atoms with Crippen LogP contribution in [0.3, 0.4) is 0 Å². The Hall–Kier alpha value is -0.0900. The number of nitrogens with one attached hydrogen (secondary N) is 1. The number of rotatable bonds is 9. The Labute approximate surface area is 114 Å². The predicted octanol–water partition coefficient (Wildman–Crippen LogP) is 3.15. The molecule has 0 spiro atoms. The van der Waals surface area contributed by atoms with E-state index < -0.39 is 14.6 Å². The summed E-state index contributed by atoms with van der Waals surface area (Å²) in [5.41, 5.74) is 0. The van der Waals surface area contributed by atoms with Gasteiger partial charge in [0, 0.05) is 6.04 Å². The summed E-state index contributed by atoms with van der Waals surface area (Å²) in [5.74, 6) is 0.320. The second-order valence-corrected chi connectivity index (χ2v) is 8.85. The van der Waals surface area contributed by atoms with Crippen molar-refractivity contribution in [3.05, 3.63) is 0 Å². The molecule has 3 nitrogen and oxygen atoms in total. The first-order chi connectivity index (χ1) is 8.24. The van der Waals surface area contributed by atoms with Crippen LogP contribution in [0.25, 0.3) is 0 Å². The molecule has 18 heavy (non-hydrogen) atoms. The van der Waals surface area contributed by atoms with Crippen LogP contribution in [0.5, 0.6) is 0 Å². The van der Waals surface area contributed by atoms with Gasteiger partial charge in [0.1, 0.15) is 0 Å². The highest BCUT2D eigenvalue weighted by Gasteiger charge is 2.27. The Morgan fingerprint density at radius 1 is 1.11 bits per heavy atom. The molecule has 0 radical (unpaired) electrons. The molecule has 0 heterocycles. The average Bonchev–Trinajstić information content (AvgIpc) is 2.26. The molecule has 0 aliphatic carbocycles. The van der Waals surface area contributed by atoms with Crippen molar-refractivity contribution >= 4 is 9.84 Å². The summed E-state index contributed by atoms with van der Waals surface area (Å²) in [6.07, 6.45) is 5.12. The second-order valence-electron chi connectivity index (χ2n) is 5.99. The van der Waals surface area contributed by atoms with E-state index in [9.17, 15) is 8.42 Å². The second kappa shape index (κ2) is 8.16. The number of hydrogen-bond donors (Lipinski definition) is 1. The van der Waals surface area contributed by atoms with E-state index in [1.54, 1.807) is 20.8 Å². The smallest absolute Gasteiger partial charge is 0.155 e. The molecule has 0 amide bonds. The van der Waals surface area contributed by atoms with Crippen LogP contribution in [-0.4, -0.2) is 31.5 Å². The van der Waals surface area contributed by atoms with Gasteiger partial charge in [0.25, 0.3) is 0 Å². The van der Waals surface area contributed by atoms with E-state index in [1.807, 2.05) is 0 Å². The molecule has 0 saturated heterocycles. The molecule has 1 unspecified atom stereocenters. The fourth-order valence-electron chi connectivity index (χ4n) is 1.79. The quantitative estimate of drug-likeness (QED) is 0.659. The first kappa shape index (κ1) is 17.9. The van der Waals surface area contributed by atoms with E-state index in [0.29, 0.717) is 11.8 Å². The highest BCUT2D eigenvalue weighted by atomic mass is 32.2. The van der Waals surface area contributed by atoms with Gasteiger partial charge in [0.2, 0.25) is 0 Å². The van der Waals surface area contributed by atoms with Crippen molar-refractivity contribution in [2.45, 2.75) is 77.5 Å². The minimum Gasteiger partial charge on any atom is -0.314 e. The van der Waals surface area contributed by atoms with Crippen molar-refractivity contribution < 1.29 is 8.42 Å². The number of sulfone groups is 1. The number of unbranched alkanes of at least 4 members (excludes halogenated alkanes) is 1. The molecular formula is C14H31NO2S. The Kier molecular flexibility index (Phi) is 8.11. The van der Waals surface area contributed by atoms with Crippen LogP contribution in [0.1, 0.15) is 66.7 Å². The van der Waals surface area contributed by atoms with Crippen molar-refractivity contribution in [1.82, 2.24) is 5.32 Å². The Bertz CT molecular complexity index is 304. The monoisotopic (exact) mass is 277 g/mol. The van der Waals surface area contributed by atoms with Crippen molar-refractivity contribution in [2.24, 2.45) is 0 Å². The SMILES string of the molecule is CCCNC(CC)CCCCS(=O)(=O)C(C)(C)C. The third kappa shape index (κ3) is 6.74. The van der Waals surface area contributed by atoms with Gasteiger partial charge in [-0.2, -0.15) is 0 Å². The van der Waals surface area contributed by atoms with Gasteiger partial charge in [-0.1, -0.05) is 20.3 Å². The van der Waals surface area contributed by atoms with Gasteiger partial charge in [0.05, 0.1) is 10.5 Å². The molecule has 0 aromatic rings. The van der Waals surface area contributed by atoms with Gasteiger partial charge >= 0.3 is 0 Å². The molecule has 0 aromatic heterocycles. The van der Waals surface area contributed by atoms with Gasteiger partial charge in [-0.15, -0.1) is 0 Å². The molecule has 110 valence electrons. The molecule has 0 saturated carbocycles. The molecule has 0 aliphatic heterocycles. The van der Waals surface area contributed by atoms with Crippen LogP contribution in [-0.2, 0) is 9.84 Å². The summed E-state index contributed by atoms with van der Waals surface area (Å²) in [7, 11) is -2.94. The third-order valence-corrected chi connectivity index (χ3v) is 6.02. The van der Waals surface area contributed by atoms with Crippen LogP contribution >= 0.6 is 0 Å². The first-order valence-electron chi connectivity index (χ1n) is 7.20. The van der Waals surface area contributed by atoms with Gasteiger partial charge in [-0.3, -0.25) is 0 Å². The summed E-state index contributed by atoms with van der Waals surface area (Å²) in [6.45, 7) is 10.7. The largest absolute Gasteiger partial charge is 0.314 e. The summed E-state index contributed by atoms with van der Waals surface area (Å²) in [4.78, 5) is 0. The highest BCUT2D eigenvalue weighted by molar-refractivity contribution is 7.92. The van der Waals surface area contributed by atoms with E-state index >= 15 is 0 Å². The lowest BCUT2D eigenvalue weighted by atomic mass is 10.1. The molecule has 0 aliphatic rings. The van der Waals surface area contributed by atoms with E-state index in [4.69, 9.17) is 0 Å². The molecule has 4 heteroatoms. The lowest BCUT2D eigenvalue weighted by Crippen LogP contribution is -2.31. The molecule has 1 N–H and O–H groups in total. The van der Waals surface area contributed by atoms with Crippen molar-refractivity contribution in [3.8, 4) is 0 Å². The minimum atomic E-state index is -2.94. The lowest BCUT2D eigenvalue weighted by molar-refractivity contribution is 0.452. The van der Waals surface area contributed by atoms with Crippen molar-refractivity contribution in [2.75, 3.05) is 12.3 Å². The molecule has 0 bridgehead atoms. The Balaban J connectivity index is 3.92. The van der Waals surface area contributed by atoms with E-state index in [1.165, 1.54) is 0 Å². The molecule has 1 atom stereocenters. The topological polar surface area (TPSA) is 46.2 Å².